The number of nitrogens with one attached hydrogen (secondary N) is 1. The number of amides is 4. The third-order valence-corrected chi connectivity index (χ3v) is 5.96. The van der Waals surface area contributed by atoms with Crippen LogP contribution in [0.3, 0.4) is 0 Å². The van der Waals surface area contributed by atoms with E-state index in [0.29, 0.717) is 23.7 Å². The van der Waals surface area contributed by atoms with E-state index in [1.165, 1.54) is 36.4 Å². The lowest BCUT2D eigenvalue weighted by atomic mass is 10.1. The number of hydrogen-bond acceptors (Lipinski definition) is 6. The molecule has 2 N–H and O–H groups in total. The van der Waals surface area contributed by atoms with E-state index in [0.717, 1.165) is 14.9 Å². The fourth-order valence-corrected chi connectivity index (χ4v) is 4.01. The SMILES string of the molecule is CCOc1cc(/C=C2\C(=O)NC(=O)N(c3ccc(O)cc3)C2=O)cc(Cl)c1OCc1ccc(Br)cc1. The molecule has 1 aliphatic rings. The summed E-state index contributed by atoms with van der Waals surface area (Å²) in [6.07, 6.45) is 1.32. The Morgan fingerprint density at radius 2 is 1.72 bits per heavy atom. The summed E-state index contributed by atoms with van der Waals surface area (Å²) in [5.41, 5.74) is 1.24. The number of phenols is 1. The number of urea groups is 1. The highest BCUT2D eigenvalue weighted by Gasteiger charge is 2.36. The molecule has 8 nitrogen and oxygen atoms in total. The fraction of sp³-hybridized carbons (Fsp3) is 0.115. The Hall–Kier alpha value is -3.82. The minimum absolute atomic E-state index is 0.0315. The van der Waals surface area contributed by atoms with Gasteiger partial charge in [0, 0.05) is 4.47 Å². The van der Waals surface area contributed by atoms with Crippen LogP contribution in [0.25, 0.3) is 6.08 Å². The van der Waals surface area contributed by atoms with E-state index < -0.39 is 17.8 Å². The van der Waals surface area contributed by atoms with Crippen LogP contribution < -0.4 is 19.7 Å². The lowest BCUT2D eigenvalue weighted by Crippen LogP contribution is -2.54. The van der Waals surface area contributed by atoms with Crippen molar-refractivity contribution in [2.24, 2.45) is 0 Å². The number of ether oxygens (including phenoxy) is 2. The van der Waals surface area contributed by atoms with Crippen LogP contribution >= 0.6 is 27.5 Å². The summed E-state index contributed by atoms with van der Waals surface area (Å²) >= 11 is 9.89. The topological polar surface area (TPSA) is 105 Å². The molecule has 0 saturated carbocycles. The van der Waals surface area contributed by atoms with E-state index in [1.807, 2.05) is 24.3 Å². The summed E-state index contributed by atoms with van der Waals surface area (Å²) in [5.74, 6) is -1.03. The molecular weight excluding hydrogens is 552 g/mol. The van der Waals surface area contributed by atoms with E-state index in [4.69, 9.17) is 21.1 Å². The van der Waals surface area contributed by atoms with Crippen LogP contribution in [0.15, 0.2) is 70.7 Å². The Kier molecular flexibility index (Phi) is 7.61. The molecule has 0 unspecified atom stereocenters. The average molecular weight is 572 g/mol. The molecule has 3 aromatic carbocycles. The number of carbonyl (C=O) groups excluding carboxylic acids is 3. The molecule has 3 aromatic rings. The summed E-state index contributed by atoms with van der Waals surface area (Å²) in [6, 6.07) is 15.3. The number of nitrogens with zero attached hydrogens (tertiary/aromatic N) is 1. The van der Waals surface area contributed by atoms with E-state index in [-0.39, 0.29) is 28.6 Å². The first-order chi connectivity index (χ1) is 17.3. The quantitative estimate of drug-likeness (QED) is 0.289. The number of aromatic hydroxyl groups is 1. The Balaban J connectivity index is 1.65. The summed E-state index contributed by atoms with van der Waals surface area (Å²) in [5, 5.41) is 11.9. The van der Waals surface area contributed by atoms with Gasteiger partial charge in [0.2, 0.25) is 0 Å². The Morgan fingerprint density at radius 3 is 2.39 bits per heavy atom. The second-order valence-electron chi connectivity index (χ2n) is 7.65. The minimum atomic E-state index is -0.891. The van der Waals surface area contributed by atoms with Crippen molar-refractivity contribution in [2.45, 2.75) is 13.5 Å². The first-order valence-corrected chi connectivity index (χ1v) is 12.0. The van der Waals surface area contributed by atoms with Crippen molar-refractivity contribution in [3.8, 4) is 17.2 Å². The van der Waals surface area contributed by atoms with Crippen molar-refractivity contribution in [1.29, 1.82) is 0 Å². The summed E-state index contributed by atoms with van der Waals surface area (Å²) in [4.78, 5) is 38.8. The summed E-state index contributed by atoms with van der Waals surface area (Å²) < 4.78 is 12.6. The highest BCUT2D eigenvalue weighted by Crippen LogP contribution is 2.38. The summed E-state index contributed by atoms with van der Waals surface area (Å²) in [6.45, 7) is 2.38. The van der Waals surface area contributed by atoms with Crippen LogP contribution in [0.1, 0.15) is 18.1 Å². The van der Waals surface area contributed by atoms with Crippen LogP contribution in [0.5, 0.6) is 17.2 Å². The Bertz CT molecular complexity index is 1360. The van der Waals surface area contributed by atoms with Crippen molar-refractivity contribution in [3.05, 3.63) is 86.9 Å². The molecule has 0 atom stereocenters. The largest absolute Gasteiger partial charge is 0.508 e. The molecule has 0 radical (unpaired) electrons. The van der Waals surface area contributed by atoms with Gasteiger partial charge in [-0.15, -0.1) is 0 Å². The lowest BCUT2D eigenvalue weighted by Gasteiger charge is -2.26. The normalized spacial score (nSPS) is 14.7. The number of rotatable bonds is 7. The molecule has 4 rings (SSSR count). The second-order valence-corrected chi connectivity index (χ2v) is 8.98. The van der Waals surface area contributed by atoms with E-state index in [2.05, 4.69) is 21.2 Å². The Morgan fingerprint density at radius 1 is 1.03 bits per heavy atom. The predicted molar refractivity (Wildman–Crippen MR) is 138 cm³/mol. The van der Waals surface area contributed by atoms with Gasteiger partial charge in [-0.2, -0.15) is 0 Å². The van der Waals surface area contributed by atoms with Gasteiger partial charge in [0.05, 0.1) is 17.3 Å². The maximum Gasteiger partial charge on any atom is 0.335 e. The number of carbonyl (C=O) groups is 3. The molecule has 1 fully saturated rings. The molecular formula is C26H20BrClN2O6. The van der Waals surface area contributed by atoms with Crippen LogP contribution in [0.2, 0.25) is 5.02 Å². The van der Waals surface area contributed by atoms with Gasteiger partial charge in [-0.1, -0.05) is 39.7 Å². The number of anilines is 1. The average Bonchev–Trinajstić information content (AvgIpc) is 2.83. The van der Waals surface area contributed by atoms with Gasteiger partial charge in [-0.3, -0.25) is 14.9 Å². The number of halogens is 2. The molecule has 1 heterocycles. The lowest BCUT2D eigenvalue weighted by molar-refractivity contribution is -0.122. The summed E-state index contributed by atoms with van der Waals surface area (Å²) in [7, 11) is 0. The van der Waals surface area contributed by atoms with Crippen LogP contribution in [-0.4, -0.2) is 29.6 Å². The van der Waals surface area contributed by atoms with Crippen molar-refractivity contribution in [1.82, 2.24) is 5.32 Å². The maximum absolute atomic E-state index is 13.1. The molecule has 1 aliphatic heterocycles. The van der Waals surface area contributed by atoms with Crippen molar-refractivity contribution >= 4 is 57.1 Å². The van der Waals surface area contributed by atoms with Gasteiger partial charge in [-0.25, -0.2) is 9.69 Å². The predicted octanol–water partition coefficient (Wildman–Crippen LogP) is 5.45. The number of phenolic OH excluding ortho intramolecular Hbond substituents is 1. The van der Waals surface area contributed by atoms with Crippen LogP contribution in [-0.2, 0) is 16.2 Å². The molecule has 4 amide bonds. The van der Waals surface area contributed by atoms with Gasteiger partial charge in [0.15, 0.2) is 11.5 Å². The Labute approximate surface area is 220 Å². The molecule has 1 saturated heterocycles. The second kappa shape index (κ2) is 10.8. The van der Waals surface area contributed by atoms with E-state index >= 15 is 0 Å². The van der Waals surface area contributed by atoms with Gasteiger partial charge in [0.1, 0.15) is 17.9 Å². The van der Waals surface area contributed by atoms with Crippen LogP contribution in [0.4, 0.5) is 10.5 Å². The highest BCUT2D eigenvalue weighted by atomic mass is 79.9. The van der Waals surface area contributed by atoms with Gasteiger partial charge in [-0.05, 0) is 72.7 Å². The zero-order valence-corrected chi connectivity index (χ0v) is 21.3. The number of barbiturate groups is 1. The first-order valence-electron chi connectivity index (χ1n) is 10.8. The highest BCUT2D eigenvalue weighted by molar-refractivity contribution is 9.10. The molecule has 36 heavy (non-hydrogen) atoms. The van der Waals surface area contributed by atoms with Crippen LogP contribution in [0, 0.1) is 0 Å². The number of imide groups is 2. The molecule has 0 aliphatic carbocycles. The maximum atomic E-state index is 13.1. The number of benzene rings is 3. The number of hydrogen-bond donors (Lipinski definition) is 2. The molecule has 0 spiro atoms. The third-order valence-electron chi connectivity index (χ3n) is 5.15. The van der Waals surface area contributed by atoms with Gasteiger partial charge in [0.25, 0.3) is 11.8 Å². The molecule has 10 heteroatoms. The monoisotopic (exact) mass is 570 g/mol. The fourth-order valence-electron chi connectivity index (χ4n) is 3.47. The standard InChI is InChI=1S/C26H20BrClN2O6/c1-2-35-22-13-16(12-21(28)23(22)36-14-15-3-5-17(27)6-4-15)11-20-24(32)29-26(34)30(25(20)33)18-7-9-19(31)10-8-18/h3-13,31H,2,14H2,1H3,(H,29,32,34)/b20-11+. The zero-order chi connectivity index (χ0) is 25.8. The molecule has 0 bridgehead atoms. The smallest absolute Gasteiger partial charge is 0.335 e. The van der Waals surface area contributed by atoms with Crippen molar-refractivity contribution < 1.29 is 29.0 Å². The molecule has 0 aromatic heterocycles. The minimum Gasteiger partial charge on any atom is -0.508 e. The van der Waals surface area contributed by atoms with Gasteiger partial charge < -0.3 is 14.6 Å². The van der Waals surface area contributed by atoms with Crippen molar-refractivity contribution in [3.63, 3.8) is 0 Å². The van der Waals surface area contributed by atoms with E-state index in [9.17, 15) is 19.5 Å². The zero-order valence-electron chi connectivity index (χ0n) is 19.0. The third kappa shape index (κ3) is 5.53. The molecule has 184 valence electrons. The first kappa shape index (κ1) is 25.3. The van der Waals surface area contributed by atoms with Gasteiger partial charge >= 0.3 is 6.03 Å². The van der Waals surface area contributed by atoms with E-state index in [1.54, 1.807) is 13.0 Å². The van der Waals surface area contributed by atoms with Crippen molar-refractivity contribution in [2.75, 3.05) is 11.5 Å².